The molecule has 10 rings (SSSR count). The van der Waals surface area contributed by atoms with Crippen molar-refractivity contribution in [3.05, 3.63) is 166 Å². The summed E-state index contributed by atoms with van der Waals surface area (Å²) in [5.74, 6) is -9.63. The summed E-state index contributed by atoms with van der Waals surface area (Å²) in [6, 6.07) is 38.3. The number of benzene rings is 6. The van der Waals surface area contributed by atoms with Crippen molar-refractivity contribution in [3.63, 3.8) is 0 Å². The topological polar surface area (TPSA) is 3.24 Å². The normalized spacial score (nSPS) is 21.6. The predicted octanol–water partition coefficient (Wildman–Crippen LogP) is 12.1. The molecule has 0 saturated heterocycles. The molecule has 1 nitrogen and oxygen atoms in total. The SMILES string of the molecule is CC12CCCCC1(C)N(c1c(F)c(F)c(F)c(F)c1F)c1ccc(-c3ccc4c(c3)C3(c5ccccc5-c5ccccc53)c3ccccc3-4)cc12. The highest BCUT2D eigenvalue weighted by Gasteiger charge is 2.59. The molecule has 6 heteroatoms. The Balaban J connectivity index is 1.20. The van der Waals surface area contributed by atoms with Gasteiger partial charge in [0, 0.05) is 11.1 Å². The van der Waals surface area contributed by atoms with Gasteiger partial charge in [-0.1, -0.05) is 111 Å². The average molecular weight is 682 g/mol. The number of hydrogen-bond donors (Lipinski definition) is 0. The highest BCUT2D eigenvalue weighted by molar-refractivity contribution is 5.96. The zero-order valence-corrected chi connectivity index (χ0v) is 28.1. The Kier molecular flexibility index (Phi) is 6.11. The zero-order valence-electron chi connectivity index (χ0n) is 28.1. The van der Waals surface area contributed by atoms with Crippen LogP contribution in [0.5, 0.6) is 0 Å². The van der Waals surface area contributed by atoms with Crippen LogP contribution in [0, 0.1) is 29.1 Å². The maximum atomic E-state index is 15.6. The minimum Gasteiger partial charge on any atom is -0.329 e. The summed E-state index contributed by atoms with van der Waals surface area (Å²) in [5.41, 5.74) is 10.0. The molecule has 0 amide bonds. The highest BCUT2D eigenvalue weighted by Crippen LogP contribution is 2.64. The summed E-state index contributed by atoms with van der Waals surface area (Å²) in [7, 11) is 0. The molecular weight excluding hydrogens is 649 g/mol. The summed E-state index contributed by atoms with van der Waals surface area (Å²) in [4.78, 5) is 1.41. The summed E-state index contributed by atoms with van der Waals surface area (Å²) in [6.07, 6.45) is 2.90. The largest absolute Gasteiger partial charge is 0.329 e. The van der Waals surface area contributed by atoms with E-state index in [0.717, 1.165) is 29.5 Å². The maximum absolute atomic E-state index is 15.6. The van der Waals surface area contributed by atoms with Gasteiger partial charge in [-0.05, 0) is 99.2 Å². The van der Waals surface area contributed by atoms with Crippen LogP contribution in [0.4, 0.5) is 33.3 Å². The fourth-order valence-corrected chi connectivity index (χ4v) is 10.3. The molecule has 1 aliphatic heterocycles. The first-order chi connectivity index (χ1) is 24.6. The smallest absolute Gasteiger partial charge is 0.200 e. The van der Waals surface area contributed by atoms with Crippen molar-refractivity contribution in [1.29, 1.82) is 0 Å². The molecule has 2 unspecified atom stereocenters. The van der Waals surface area contributed by atoms with Gasteiger partial charge in [-0.3, -0.25) is 0 Å². The van der Waals surface area contributed by atoms with Crippen molar-refractivity contribution in [3.8, 4) is 33.4 Å². The third-order valence-corrected chi connectivity index (χ3v) is 12.8. The third-order valence-electron chi connectivity index (χ3n) is 12.8. The van der Waals surface area contributed by atoms with Gasteiger partial charge in [-0.15, -0.1) is 0 Å². The second-order valence-electron chi connectivity index (χ2n) is 14.9. The van der Waals surface area contributed by atoms with E-state index in [0.29, 0.717) is 18.5 Å². The Bertz CT molecular complexity index is 2410. The van der Waals surface area contributed by atoms with Gasteiger partial charge < -0.3 is 4.90 Å². The third kappa shape index (κ3) is 3.56. The lowest BCUT2D eigenvalue weighted by Gasteiger charge is -2.50. The van der Waals surface area contributed by atoms with Crippen LogP contribution in [0.3, 0.4) is 0 Å². The van der Waals surface area contributed by atoms with Gasteiger partial charge in [0.2, 0.25) is 5.82 Å². The molecule has 51 heavy (non-hydrogen) atoms. The second kappa shape index (κ2) is 10.2. The fraction of sp³-hybridized carbons (Fsp3) is 0.200. The molecule has 1 saturated carbocycles. The van der Waals surface area contributed by atoms with Crippen molar-refractivity contribution in [2.24, 2.45) is 0 Å². The van der Waals surface area contributed by atoms with E-state index in [-0.39, 0.29) is 0 Å². The van der Waals surface area contributed by atoms with Crippen molar-refractivity contribution in [2.45, 2.75) is 55.9 Å². The average Bonchev–Trinajstić information content (AvgIpc) is 3.70. The first kappa shape index (κ1) is 30.6. The van der Waals surface area contributed by atoms with Gasteiger partial charge in [0.25, 0.3) is 0 Å². The highest BCUT2D eigenvalue weighted by atomic mass is 19.2. The molecule has 252 valence electrons. The van der Waals surface area contributed by atoms with E-state index in [1.54, 1.807) is 6.07 Å². The van der Waals surface area contributed by atoms with Gasteiger partial charge in [0.15, 0.2) is 23.3 Å². The molecule has 1 spiro atoms. The lowest BCUT2D eigenvalue weighted by molar-refractivity contribution is 0.192. The van der Waals surface area contributed by atoms with Crippen molar-refractivity contribution in [1.82, 2.24) is 0 Å². The van der Waals surface area contributed by atoms with Gasteiger partial charge in [0.05, 0.1) is 11.0 Å². The monoisotopic (exact) mass is 681 g/mol. The van der Waals surface area contributed by atoms with Crippen LogP contribution >= 0.6 is 0 Å². The number of rotatable bonds is 2. The van der Waals surface area contributed by atoms with Crippen LogP contribution in [0.1, 0.15) is 67.3 Å². The Morgan fingerprint density at radius 3 is 1.49 bits per heavy atom. The molecule has 0 radical (unpaired) electrons. The van der Waals surface area contributed by atoms with Crippen molar-refractivity contribution >= 4 is 11.4 Å². The van der Waals surface area contributed by atoms with E-state index in [4.69, 9.17) is 0 Å². The minimum absolute atomic E-state index is 0.470. The summed E-state index contributed by atoms with van der Waals surface area (Å²) >= 11 is 0. The molecular formula is C45H32F5N. The van der Waals surface area contributed by atoms with Crippen LogP contribution in [-0.2, 0) is 10.8 Å². The van der Waals surface area contributed by atoms with Crippen LogP contribution < -0.4 is 4.90 Å². The maximum Gasteiger partial charge on any atom is 0.200 e. The minimum atomic E-state index is -2.15. The summed E-state index contributed by atoms with van der Waals surface area (Å²) in [5, 5.41) is 0. The fourth-order valence-electron chi connectivity index (χ4n) is 10.3. The lowest BCUT2D eigenvalue weighted by atomic mass is 9.61. The van der Waals surface area contributed by atoms with Crippen molar-refractivity contribution < 1.29 is 22.0 Å². The number of fused-ring (bicyclic) bond motifs is 13. The Labute approximate surface area is 293 Å². The first-order valence-electron chi connectivity index (χ1n) is 17.5. The van der Waals surface area contributed by atoms with E-state index >= 15 is 8.78 Å². The Morgan fingerprint density at radius 1 is 0.471 bits per heavy atom. The zero-order chi connectivity index (χ0) is 35.0. The quantitative estimate of drug-likeness (QED) is 0.0997. The van der Waals surface area contributed by atoms with Gasteiger partial charge in [-0.25, -0.2) is 22.0 Å². The Morgan fingerprint density at radius 2 is 0.922 bits per heavy atom. The molecule has 4 aliphatic rings. The molecule has 6 aromatic rings. The van der Waals surface area contributed by atoms with E-state index < -0.39 is 51.1 Å². The number of halogens is 5. The van der Waals surface area contributed by atoms with Crippen LogP contribution in [0.2, 0.25) is 0 Å². The van der Waals surface area contributed by atoms with E-state index in [2.05, 4.69) is 104 Å². The molecule has 0 bridgehead atoms. The van der Waals surface area contributed by atoms with Gasteiger partial charge in [0.1, 0.15) is 5.69 Å². The summed E-state index contributed by atoms with van der Waals surface area (Å²) < 4.78 is 74.8. The number of anilines is 2. The molecule has 1 heterocycles. The molecule has 3 aliphatic carbocycles. The molecule has 1 fully saturated rings. The molecule has 0 aromatic heterocycles. The first-order valence-corrected chi connectivity index (χ1v) is 17.5. The van der Waals surface area contributed by atoms with Crippen LogP contribution in [0.25, 0.3) is 33.4 Å². The van der Waals surface area contributed by atoms with E-state index in [1.807, 2.05) is 13.0 Å². The number of hydrogen-bond acceptors (Lipinski definition) is 1. The molecule has 0 N–H and O–H groups in total. The second-order valence-corrected chi connectivity index (χ2v) is 14.9. The van der Waals surface area contributed by atoms with Crippen LogP contribution in [0.15, 0.2) is 109 Å². The van der Waals surface area contributed by atoms with Gasteiger partial charge >= 0.3 is 0 Å². The lowest BCUT2D eigenvalue weighted by Crippen LogP contribution is -2.55. The number of nitrogens with zero attached hydrogens (tertiary/aromatic N) is 1. The van der Waals surface area contributed by atoms with Crippen molar-refractivity contribution in [2.75, 3.05) is 4.90 Å². The standard InChI is InChI=1S/C45H32F5N/c1-43-21-9-10-22-44(43,2)51(42-40(49)38(47)37(46)39(48)41(42)50)36-20-18-26(24-35(36)43)25-17-19-30-29-13-5-8-16-33(29)45(34(30)23-25)31-14-6-3-11-27(31)28-12-4-7-15-32(28)45/h3-8,11-20,23-24H,9-10,21-22H2,1-2H3. The van der Waals surface area contributed by atoms with Crippen LogP contribution in [-0.4, -0.2) is 5.54 Å². The Hall–Kier alpha value is -5.23. The van der Waals surface area contributed by atoms with E-state index in [9.17, 15) is 13.2 Å². The predicted molar refractivity (Wildman–Crippen MR) is 191 cm³/mol. The van der Waals surface area contributed by atoms with Gasteiger partial charge in [-0.2, -0.15) is 0 Å². The molecule has 2 atom stereocenters. The summed E-state index contributed by atoms with van der Waals surface area (Å²) in [6.45, 7) is 3.97. The van der Waals surface area contributed by atoms with E-state index in [1.165, 1.54) is 49.4 Å². The molecule has 6 aromatic carbocycles.